The Kier molecular flexibility index (Phi) is 4.65. The van der Waals surface area contributed by atoms with Crippen molar-refractivity contribution in [1.29, 1.82) is 0 Å². The van der Waals surface area contributed by atoms with Crippen molar-refractivity contribution in [3.63, 3.8) is 0 Å². The van der Waals surface area contributed by atoms with E-state index in [1.54, 1.807) is 0 Å². The molecule has 0 saturated heterocycles. The molecule has 3 unspecified atom stereocenters. The van der Waals surface area contributed by atoms with Gasteiger partial charge in [-0.25, -0.2) is 0 Å². The molecule has 5 heteroatoms. The van der Waals surface area contributed by atoms with Crippen LogP contribution in [0, 0.1) is 46.8 Å². The lowest BCUT2D eigenvalue weighted by Crippen LogP contribution is -2.61. The maximum Gasteiger partial charge on any atom is 0.302 e. The Labute approximate surface area is 167 Å². The molecule has 0 radical (unpaired) electrons. The van der Waals surface area contributed by atoms with Crippen LogP contribution in [0.5, 0.6) is 0 Å². The predicted molar refractivity (Wildman–Crippen MR) is 104 cm³/mol. The maximum absolute atomic E-state index is 11.4. The highest BCUT2D eigenvalue weighted by Gasteiger charge is 2.69. The van der Waals surface area contributed by atoms with E-state index in [1.807, 2.05) is 6.92 Å². The van der Waals surface area contributed by atoms with Crippen LogP contribution in [0.1, 0.15) is 65.7 Å². The molecule has 0 aromatic rings. The SMILES string of the molecule is C#C[C@]1(O)[C@H](O)CC2C3C(CC[C@@]21C)[C@@]1(C)CC[C@H](OC(C)=O)C[C@H]1C[C@@H]3O. The highest BCUT2D eigenvalue weighted by atomic mass is 16.5. The monoisotopic (exact) mass is 390 g/mol. The van der Waals surface area contributed by atoms with Gasteiger partial charge in [0.25, 0.3) is 0 Å². The summed E-state index contributed by atoms with van der Waals surface area (Å²) in [6.07, 6.45) is 9.67. The Bertz CT molecular complexity index is 700. The van der Waals surface area contributed by atoms with E-state index < -0.39 is 23.2 Å². The summed E-state index contributed by atoms with van der Waals surface area (Å²) in [5.41, 5.74) is -2.00. The summed E-state index contributed by atoms with van der Waals surface area (Å²) in [6, 6.07) is 0. The zero-order chi connectivity index (χ0) is 20.5. The first-order valence-electron chi connectivity index (χ1n) is 10.8. The number of hydrogen-bond acceptors (Lipinski definition) is 5. The Balaban J connectivity index is 1.63. The minimum Gasteiger partial charge on any atom is -0.463 e. The van der Waals surface area contributed by atoms with Gasteiger partial charge in [-0.05, 0) is 74.0 Å². The lowest BCUT2D eigenvalue weighted by Gasteiger charge is -2.62. The maximum atomic E-state index is 11.4. The molecule has 0 amide bonds. The number of terminal acetylenes is 1. The molecule has 4 fully saturated rings. The Morgan fingerprint density at radius 1 is 1.11 bits per heavy atom. The Hall–Kier alpha value is -1.09. The fraction of sp³-hybridized carbons (Fsp3) is 0.870. The highest BCUT2D eigenvalue weighted by Crippen LogP contribution is 2.68. The van der Waals surface area contributed by atoms with E-state index >= 15 is 0 Å². The number of hydrogen-bond donors (Lipinski definition) is 3. The van der Waals surface area contributed by atoms with Gasteiger partial charge in [-0.15, -0.1) is 6.42 Å². The van der Waals surface area contributed by atoms with Crippen LogP contribution in [0.4, 0.5) is 0 Å². The largest absolute Gasteiger partial charge is 0.463 e. The molecular weight excluding hydrogens is 356 g/mol. The number of aliphatic hydroxyl groups excluding tert-OH is 2. The topological polar surface area (TPSA) is 87.0 Å². The molecule has 0 aromatic carbocycles. The second-order valence-electron chi connectivity index (χ2n) is 10.4. The summed E-state index contributed by atoms with van der Waals surface area (Å²) in [7, 11) is 0. The summed E-state index contributed by atoms with van der Waals surface area (Å²) in [4.78, 5) is 11.4. The molecule has 0 heterocycles. The predicted octanol–water partition coefficient (Wildman–Crippen LogP) is 2.27. The normalized spacial score (nSPS) is 55.4. The van der Waals surface area contributed by atoms with E-state index in [-0.39, 0.29) is 29.3 Å². The highest BCUT2D eigenvalue weighted by molar-refractivity contribution is 5.66. The van der Waals surface area contributed by atoms with E-state index in [0.717, 1.165) is 32.1 Å². The van der Waals surface area contributed by atoms with Crippen LogP contribution in [-0.4, -0.2) is 45.2 Å². The molecule has 10 atom stereocenters. The van der Waals surface area contributed by atoms with Gasteiger partial charge >= 0.3 is 5.97 Å². The number of rotatable bonds is 1. The lowest BCUT2D eigenvalue weighted by molar-refractivity contribution is -0.190. The van der Waals surface area contributed by atoms with Crippen molar-refractivity contribution in [3.05, 3.63) is 0 Å². The van der Waals surface area contributed by atoms with Crippen molar-refractivity contribution in [2.75, 3.05) is 0 Å². The van der Waals surface area contributed by atoms with Crippen LogP contribution in [0.2, 0.25) is 0 Å². The third-order valence-electron chi connectivity index (χ3n) is 9.41. The van der Waals surface area contributed by atoms with Crippen molar-refractivity contribution in [3.8, 4) is 12.3 Å². The molecule has 4 rings (SSSR count). The van der Waals surface area contributed by atoms with Crippen LogP contribution >= 0.6 is 0 Å². The fourth-order valence-electron chi connectivity index (χ4n) is 7.81. The van der Waals surface area contributed by atoms with E-state index in [2.05, 4.69) is 12.8 Å². The molecule has 0 bridgehead atoms. The van der Waals surface area contributed by atoms with Crippen molar-refractivity contribution >= 4 is 5.97 Å². The Morgan fingerprint density at radius 3 is 2.46 bits per heavy atom. The minimum absolute atomic E-state index is 0.0151. The summed E-state index contributed by atoms with van der Waals surface area (Å²) in [6.45, 7) is 5.80. The van der Waals surface area contributed by atoms with Crippen molar-refractivity contribution in [2.24, 2.45) is 34.5 Å². The molecule has 4 aliphatic carbocycles. The van der Waals surface area contributed by atoms with E-state index in [0.29, 0.717) is 24.7 Å². The van der Waals surface area contributed by atoms with Gasteiger partial charge in [-0.3, -0.25) is 4.79 Å². The van der Waals surface area contributed by atoms with Crippen LogP contribution < -0.4 is 0 Å². The molecule has 4 saturated carbocycles. The summed E-state index contributed by atoms with van der Waals surface area (Å²) < 4.78 is 5.49. The second-order valence-corrected chi connectivity index (χ2v) is 10.4. The van der Waals surface area contributed by atoms with Gasteiger partial charge in [0.05, 0.1) is 12.2 Å². The first-order valence-corrected chi connectivity index (χ1v) is 10.8. The molecule has 0 spiro atoms. The average molecular weight is 391 g/mol. The minimum atomic E-state index is -1.52. The van der Waals surface area contributed by atoms with Crippen LogP contribution in [0.3, 0.4) is 0 Å². The summed E-state index contributed by atoms with van der Waals surface area (Å²) in [5.74, 6) is 2.99. The van der Waals surface area contributed by atoms with Gasteiger partial charge in [0.2, 0.25) is 0 Å². The van der Waals surface area contributed by atoms with E-state index in [1.165, 1.54) is 6.92 Å². The second kappa shape index (κ2) is 6.45. The summed E-state index contributed by atoms with van der Waals surface area (Å²) >= 11 is 0. The molecule has 28 heavy (non-hydrogen) atoms. The zero-order valence-electron chi connectivity index (χ0n) is 17.2. The summed E-state index contributed by atoms with van der Waals surface area (Å²) in [5, 5.41) is 32.9. The smallest absolute Gasteiger partial charge is 0.302 e. The van der Waals surface area contributed by atoms with Gasteiger partial charge in [-0.1, -0.05) is 19.8 Å². The quantitative estimate of drug-likeness (QED) is 0.472. The van der Waals surface area contributed by atoms with Gasteiger partial charge in [-0.2, -0.15) is 0 Å². The number of ether oxygens (including phenoxy) is 1. The van der Waals surface area contributed by atoms with Crippen LogP contribution in [0.15, 0.2) is 0 Å². The van der Waals surface area contributed by atoms with Gasteiger partial charge in [0.1, 0.15) is 6.10 Å². The van der Waals surface area contributed by atoms with E-state index in [4.69, 9.17) is 11.2 Å². The average Bonchev–Trinajstić information content (AvgIpc) is 2.83. The molecule has 4 aliphatic rings. The molecule has 0 aliphatic heterocycles. The standard InChI is InChI=1S/C23H34O5/c1-5-23(27)19(26)12-17-20-16(7-9-22(17,23)4)21(3)8-6-15(28-13(2)24)10-14(21)11-18(20)25/h1,14-20,25-27H,6-12H2,2-4H3/t14-,15-,16?,17?,18-,19+,20?,21-,22-,23-/m0/s1. The third-order valence-corrected chi connectivity index (χ3v) is 9.41. The fourth-order valence-corrected chi connectivity index (χ4v) is 7.81. The number of carbonyl (C=O) groups is 1. The number of fused-ring (bicyclic) bond motifs is 5. The molecule has 5 nitrogen and oxygen atoms in total. The van der Waals surface area contributed by atoms with Gasteiger partial charge in [0.15, 0.2) is 5.60 Å². The lowest BCUT2D eigenvalue weighted by atomic mass is 9.43. The van der Waals surface area contributed by atoms with Crippen molar-refractivity contribution < 1.29 is 24.9 Å². The zero-order valence-corrected chi connectivity index (χ0v) is 17.2. The number of esters is 1. The first-order chi connectivity index (χ1) is 13.1. The number of aliphatic hydroxyl groups is 3. The van der Waals surface area contributed by atoms with E-state index in [9.17, 15) is 20.1 Å². The van der Waals surface area contributed by atoms with Gasteiger partial charge in [0, 0.05) is 12.3 Å². The Morgan fingerprint density at radius 2 is 1.82 bits per heavy atom. The van der Waals surface area contributed by atoms with Crippen molar-refractivity contribution in [2.45, 2.75) is 89.6 Å². The van der Waals surface area contributed by atoms with Crippen LogP contribution in [0.25, 0.3) is 0 Å². The number of carbonyl (C=O) groups excluding carboxylic acids is 1. The molecule has 3 N–H and O–H groups in total. The van der Waals surface area contributed by atoms with Crippen LogP contribution in [-0.2, 0) is 9.53 Å². The molecular formula is C23H34O5. The van der Waals surface area contributed by atoms with Gasteiger partial charge < -0.3 is 20.1 Å². The molecule has 0 aromatic heterocycles. The third kappa shape index (κ3) is 2.54. The van der Waals surface area contributed by atoms with Crippen molar-refractivity contribution in [1.82, 2.24) is 0 Å². The first kappa shape index (κ1) is 20.2. The molecule has 156 valence electrons.